The standard InChI is InChI=1S/C14H13ClN4O/c1-10(2)8-19-13(12(7-16)17-18-19)9-20-14-6-4-3-5-11(14)15/h3-6H,1,8-9H2,2H3. The molecule has 0 saturated heterocycles. The highest BCUT2D eigenvalue weighted by atomic mass is 35.5. The molecule has 0 spiro atoms. The summed E-state index contributed by atoms with van der Waals surface area (Å²) in [6, 6.07) is 9.16. The molecule has 2 aromatic rings. The number of rotatable bonds is 5. The van der Waals surface area contributed by atoms with Crippen molar-refractivity contribution in [2.24, 2.45) is 0 Å². The summed E-state index contributed by atoms with van der Waals surface area (Å²) in [5, 5.41) is 17.3. The van der Waals surface area contributed by atoms with Crippen molar-refractivity contribution in [3.8, 4) is 11.8 Å². The van der Waals surface area contributed by atoms with Gasteiger partial charge in [-0.25, -0.2) is 4.68 Å². The molecule has 2 rings (SSSR count). The third-order valence-electron chi connectivity index (χ3n) is 2.56. The molecule has 0 aliphatic carbocycles. The fourth-order valence-corrected chi connectivity index (χ4v) is 1.84. The van der Waals surface area contributed by atoms with Gasteiger partial charge in [0.1, 0.15) is 24.1 Å². The summed E-state index contributed by atoms with van der Waals surface area (Å²) < 4.78 is 7.24. The molecule has 0 atom stereocenters. The molecule has 20 heavy (non-hydrogen) atoms. The first-order chi connectivity index (χ1) is 9.61. The molecule has 0 radical (unpaired) electrons. The maximum atomic E-state index is 9.05. The molecule has 102 valence electrons. The van der Waals surface area contributed by atoms with Gasteiger partial charge in [-0.2, -0.15) is 5.26 Å². The van der Waals surface area contributed by atoms with Crippen LogP contribution < -0.4 is 4.74 Å². The number of benzene rings is 1. The van der Waals surface area contributed by atoms with Gasteiger partial charge in [0.2, 0.25) is 0 Å². The summed E-state index contributed by atoms with van der Waals surface area (Å²) in [4.78, 5) is 0. The third-order valence-corrected chi connectivity index (χ3v) is 2.88. The minimum atomic E-state index is 0.174. The zero-order chi connectivity index (χ0) is 14.5. The molecule has 1 aromatic carbocycles. The molecule has 6 heteroatoms. The lowest BCUT2D eigenvalue weighted by molar-refractivity contribution is 0.293. The van der Waals surface area contributed by atoms with Gasteiger partial charge >= 0.3 is 0 Å². The monoisotopic (exact) mass is 288 g/mol. The Balaban J connectivity index is 2.20. The number of halogens is 1. The minimum absolute atomic E-state index is 0.174. The van der Waals surface area contributed by atoms with Gasteiger partial charge in [0, 0.05) is 0 Å². The number of nitrogens with zero attached hydrogens (tertiary/aromatic N) is 4. The first-order valence-corrected chi connectivity index (χ1v) is 6.33. The Bertz CT molecular complexity index is 672. The fourth-order valence-electron chi connectivity index (χ4n) is 1.65. The largest absolute Gasteiger partial charge is 0.486 e. The number of aromatic nitrogens is 3. The summed E-state index contributed by atoms with van der Waals surface area (Å²) >= 11 is 6.02. The molecule has 0 bridgehead atoms. The zero-order valence-electron chi connectivity index (χ0n) is 11.0. The Morgan fingerprint density at radius 3 is 2.90 bits per heavy atom. The van der Waals surface area contributed by atoms with E-state index < -0.39 is 0 Å². The van der Waals surface area contributed by atoms with Crippen LogP contribution in [0.1, 0.15) is 18.3 Å². The predicted molar refractivity (Wildman–Crippen MR) is 75.3 cm³/mol. The number of para-hydroxylation sites is 1. The van der Waals surface area contributed by atoms with E-state index in [-0.39, 0.29) is 12.3 Å². The van der Waals surface area contributed by atoms with Crippen LogP contribution in [0.25, 0.3) is 0 Å². The number of ether oxygens (including phenoxy) is 1. The van der Waals surface area contributed by atoms with Crippen LogP contribution in [0.5, 0.6) is 5.75 Å². The highest BCUT2D eigenvalue weighted by molar-refractivity contribution is 6.32. The molecule has 5 nitrogen and oxygen atoms in total. The van der Waals surface area contributed by atoms with Gasteiger partial charge in [0.25, 0.3) is 0 Å². The fraction of sp³-hybridized carbons (Fsp3) is 0.214. The summed E-state index contributed by atoms with van der Waals surface area (Å²) in [7, 11) is 0. The minimum Gasteiger partial charge on any atom is -0.486 e. The number of allylic oxidation sites excluding steroid dienone is 1. The van der Waals surface area contributed by atoms with E-state index in [4.69, 9.17) is 21.6 Å². The second-order valence-electron chi connectivity index (χ2n) is 4.33. The van der Waals surface area contributed by atoms with Crippen molar-refractivity contribution in [1.82, 2.24) is 15.0 Å². The van der Waals surface area contributed by atoms with Crippen molar-refractivity contribution in [1.29, 1.82) is 5.26 Å². The summed E-state index contributed by atoms with van der Waals surface area (Å²) in [6.07, 6.45) is 0. The van der Waals surface area contributed by atoms with Crippen LogP contribution in [0.4, 0.5) is 0 Å². The number of hydrogen-bond acceptors (Lipinski definition) is 4. The molecular weight excluding hydrogens is 276 g/mol. The predicted octanol–water partition coefficient (Wildman–Crippen LogP) is 2.96. The molecule has 0 aliphatic heterocycles. The first kappa shape index (κ1) is 14.1. The highest BCUT2D eigenvalue weighted by Crippen LogP contribution is 2.24. The molecular formula is C14H13ClN4O. The second-order valence-corrected chi connectivity index (χ2v) is 4.74. The summed E-state index contributed by atoms with van der Waals surface area (Å²) in [5.41, 5.74) is 1.77. The van der Waals surface area contributed by atoms with E-state index in [1.807, 2.05) is 25.1 Å². The van der Waals surface area contributed by atoms with E-state index in [1.54, 1.807) is 16.8 Å². The number of nitriles is 1. The Morgan fingerprint density at radius 2 is 2.25 bits per heavy atom. The molecule has 1 aromatic heterocycles. The van der Waals surface area contributed by atoms with Gasteiger partial charge in [0.15, 0.2) is 5.69 Å². The SMILES string of the molecule is C=C(C)Cn1nnc(C#N)c1COc1ccccc1Cl. The molecule has 0 unspecified atom stereocenters. The van der Waals surface area contributed by atoms with Crippen LogP contribution in [-0.2, 0) is 13.2 Å². The number of hydrogen-bond donors (Lipinski definition) is 0. The molecule has 0 fully saturated rings. The second kappa shape index (κ2) is 6.22. The maximum Gasteiger partial charge on any atom is 0.189 e. The van der Waals surface area contributed by atoms with Crippen molar-refractivity contribution in [3.63, 3.8) is 0 Å². The van der Waals surface area contributed by atoms with Gasteiger partial charge in [-0.3, -0.25) is 0 Å². The van der Waals surface area contributed by atoms with Crippen molar-refractivity contribution < 1.29 is 4.74 Å². The molecule has 1 heterocycles. The van der Waals surface area contributed by atoms with Gasteiger partial charge in [0.05, 0.1) is 11.6 Å². The van der Waals surface area contributed by atoms with Gasteiger partial charge in [-0.05, 0) is 19.1 Å². The van der Waals surface area contributed by atoms with Crippen molar-refractivity contribution >= 4 is 11.6 Å². The van der Waals surface area contributed by atoms with E-state index in [0.29, 0.717) is 23.0 Å². The maximum absolute atomic E-state index is 9.05. The lowest BCUT2D eigenvalue weighted by atomic mass is 10.3. The highest BCUT2D eigenvalue weighted by Gasteiger charge is 2.14. The van der Waals surface area contributed by atoms with Crippen LogP contribution in [0, 0.1) is 11.3 Å². The van der Waals surface area contributed by atoms with E-state index >= 15 is 0 Å². The molecule has 0 saturated carbocycles. The van der Waals surface area contributed by atoms with Crippen molar-refractivity contribution in [3.05, 3.63) is 52.8 Å². The van der Waals surface area contributed by atoms with Crippen LogP contribution in [0.3, 0.4) is 0 Å². The molecule has 0 N–H and O–H groups in total. The van der Waals surface area contributed by atoms with Crippen molar-refractivity contribution in [2.45, 2.75) is 20.1 Å². The third kappa shape index (κ3) is 3.16. The van der Waals surface area contributed by atoms with Crippen LogP contribution >= 0.6 is 11.6 Å². The summed E-state index contributed by atoms with van der Waals surface area (Å²) in [5.74, 6) is 0.557. The van der Waals surface area contributed by atoms with Gasteiger partial charge in [-0.15, -0.1) is 5.10 Å². The summed E-state index contributed by atoms with van der Waals surface area (Å²) in [6.45, 7) is 6.38. The lowest BCUT2D eigenvalue weighted by Gasteiger charge is -2.09. The van der Waals surface area contributed by atoms with E-state index in [0.717, 1.165) is 5.57 Å². The lowest BCUT2D eigenvalue weighted by Crippen LogP contribution is -2.09. The van der Waals surface area contributed by atoms with Crippen LogP contribution in [-0.4, -0.2) is 15.0 Å². The smallest absolute Gasteiger partial charge is 0.189 e. The van der Waals surface area contributed by atoms with Crippen LogP contribution in [0.15, 0.2) is 36.4 Å². The van der Waals surface area contributed by atoms with Gasteiger partial charge in [-0.1, -0.05) is 41.1 Å². The Hall–Kier alpha value is -2.32. The Kier molecular flexibility index (Phi) is 4.38. The Labute approximate surface area is 122 Å². The quantitative estimate of drug-likeness (QED) is 0.794. The van der Waals surface area contributed by atoms with E-state index in [2.05, 4.69) is 16.9 Å². The first-order valence-electron chi connectivity index (χ1n) is 5.96. The van der Waals surface area contributed by atoms with Crippen LogP contribution in [0.2, 0.25) is 5.02 Å². The topological polar surface area (TPSA) is 63.7 Å². The van der Waals surface area contributed by atoms with E-state index in [1.165, 1.54) is 0 Å². The molecule has 0 aliphatic rings. The Morgan fingerprint density at radius 1 is 1.50 bits per heavy atom. The molecule has 0 amide bonds. The van der Waals surface area contributed by atoms with Gasteiger partial charge < -0.3 is 4.74 Å². The van der Waals surface area contributed by atoms with Crippen molar-refractivity contribution in [2.75, 3.05) is 0 Å². The van der Waals surface area contributed by atoms with E-state index in [9.17, 15) is 0 Å². The average molecular weight is 289 g/mol. The zero-order valence-corrected chi connectivity index (χ0v) is 11.8. The average Bonchev–Trinajstić information content (AvgIpc) is 2.79. The normalized spacial score (nSPS) is 10.1.